The monoisotopic (exact) mass is 199 g/mol. The van der Waals surface area contributed by atoms with Crippen LogP contribution in [0.15, 0.2) is 36.5 Å². The Morgan fingerprint density at radius 2 is 2.00 bits per heavy atom. The molecule has 0 aliphatic carbocycles. The summed E-state index contributed by atoms with van der Waals surface area (Å²) < 4.78 is 0. The minimum atomic E-state index is -0.240. The second-order valence-electron chi connectivity index (χ2n) is 3.21. The van der Waals surface area contributed by atoms with Crippen molar-refractivity contribution in [2.24, 2.45) is 0 Å². The molecule has 0 unspecified atom stereocenters. The molecule has 3 heteroatoms. The van der Waals surface area contributed by atoms with E-state index >= 15 is 0 Å². The first-order valence-corrected chi connectivity index (χ1v) is 4.63. The van der Waals surface area contributed by atoms with Crippen LogP contribution in [0.2, 0.25) is 0 Å². The van der Waals surface area contributed by atoms with E-state index in [1.165, 1.54) is 0 Å². The Morgan fingerprint density at radius 1 is 1.27 bits per heavy atom. The van der Waals surface area contributed by atoms with Crippen LogP contribution < -0.4 is 0 Å². The Bertz CT molecular complexity index is 520. The number of hydrogen-bond donors (Lipinski definition) is 0. The van der Waals surface area contributed by atoms with Crippen LogP contribution in [0.4, 0.5) is 0 Å². The maximum atomic E-state index is 11.4. The number of rotatable bonds is 3. The van der Waals surface area contributed by atoms with Gasteiger partial charge in [-0.3, -0.25) is 9.78 Å². The number of Topliss-reactive ketones (excluding diaryl/α,β-unsaturated/α-hetero) is 1. The molecule has 0 bridgehead atoms. The summed E-state index contributed by atoms with van der Waals surface area (Å²) in [5.74, 6) is -0.240. The second-order valence-corrected chi connectivity index (χ2v) is 3.21. The molecule has 0 fully saturated rings. The number of hydrogen-bond acceptors (Lipinski definition) is 3. The molecule has 2 aromatic rings. The SMILES string of the molecule is O=CCC(=O)c1cc2ccccc2cn1. The molecular formula is C12H9NO2. The number of aromatic nitrogens is 1. The number of ketones is 1. The van der Waals surface area contributed by atoms with Crippen molar-refractivity contribution in [2.75, 3.05) is 0 Å². The summed E-state index contributed by atoms with van der Waals surface area (Å²) in [6.45, 7) is 0. The van der Waals surface area contributed by atoms with Gasteiger partial charge in [0, 0.05) is 11.6 Å². The largest absolute Gasteiger partial charge is 0.303 e. The van der Waals surface area contributed by atoms with Crippen LogP contribution in [-0.4, -0.2) is 17.1 Å². The van der Waals surface area contributed by atoms with Gasteiger partial charge in [-0.2, -0.15) is 0 Å². The number of carbonyl (C=O) groups is 2. The molecule has 0 saturated heterocycles. The van der Waals surface area contributed by atoms with Gasteiger partial charge in [0.25, 0.3) is 0 Å². The van der Waals surface area contributed by atoms with Gasteiger partial charge in [-0.1, -0.05) is 24.3 Å². The highest BCUT2D eigenvalue weighted by molar-refractivity contribution is 6.03. The van der Waals surface area contributed by atoms with Crippen LogP contribution in [0.25, 0.3) is 10.8 Å². The van der Waals surface area contributed by atoms with Gasteiger partial charge in [0.05, 0.1) is 6.42 Å². The fourth-order valence-corrected chi connectivity index (χ4v) is 1.42. The minimum Gasteiger partial charge on any atom is -0.303 e. The van der Waals surface area contributed by atoms with Crippen molar-refractivity contribution in [1.29, 1.82) is 0 Å². The highest BCUT2D eigenvalue weighted by atomic mass is 16.1. The number of nitrogens with zero attached hydrogens (tertiary/aromatic N) is 1. The van der Waals surface area contributed by atoms with Crippen LogP contribution in [-0.2, 0) is 4.79 Å². The molecule has 0 atom stereocenters. The summed E-state index contributed by atoms with van der Waals surface area (Å²) >= 11 is 0. The first-order chi connectivity index (χ1) is 7.31. The predicted octanol–water partition coefficient (Wildman–Crippen LogP) is 2.01. The van der Waals surface area contributed by atoms with E-state index in [4.69, 9.17) is 0 Å². The molecule has 0 radical (unpaired) electrons. The molecule has 0 saturated carbocycles. The summed E-state index contributed by atoms with van der Waals surface area (Å²) in [6, 6.07) is 9.36. The van der Waals surface area contributed by atoms with Crippen molar-refractivity contribution in [3.8, 4) is 0 Å². The quantitative estimate of drug-likeness (QED) is 0.431. The van der Waals surface area contributed by atoms with E-state index < -0.39 is 0 Å². The van der Waals surface area contributed by atoms with Gasteiger partial charge in [0.15, 0.2) is 5.78 Å². The van der Waals surface area contributed by atoms with E-state index in [9.17, 15) is 9.59 Å². The average Bonchev–Trinajstić information content (AvgIpc) is 2.29. The zero-order valence-electron chi connectivity index (χ0n) is 8.01. The third-order valence-electron chi connectivity index (χ3n) is 2.19. The lowest BCUT2D eigenvalue weighted by Gasteiger charge is -1.99. The minimum absolute atomic E-state index is 0.106. The molecule has 0 aliphatic rings. The van der Waals surface area contributed by atoms with Crippen molar-refractivity contribution >= 4 is 22.8 Å². The molecule has 0 aliphatic heterocycles. The Kier molecular flexibility index (Phi) is 2.54. The summed E-state index contributed by atoms with van der Waals surface area (Å²) in [6.07, 6.45) is 2.14. The normalized spacial score (nSPS) is 10.1. The van der Waals surface area contributed by atoms with E-state index in [-0.39, 0.29) is 12.2 Å². The molecule has 0 amide bonds. The molecule has 2 rings (SSSR count). The smallest absolute Gasteiger partial charge is 0.188 e. The lowest BCUT2D eigenvalue weighted by atomic mass is 10.1. The fraction of sp³-hybridized carbons (Fsp3) is 0.0833. The number of pyridine rings is 1. The third kappa shape index (κ3) is 1.91. The van der Waals surface area contributed by atoms with Gasteiger partial charge in [-0.25, -0.2) is 0 Å². The average molecular weight is 199 g/mol. The second kappa shape index (κ2) is 4.00. The van der Waals surface area contributed by atoms with Gasteiger partial charge < -0.3 is 4.79 Å². The molecular weight excluding hydrogens is 190 g/mol. The maximum absolute atomic E-state index is 11.4. The Labute approximate surface area is 86.8 Å². The Balaban J connectivity index is 2.46. The fourth-order valence-electron chi connectivity index (χ4n) is 1.42. The topological polar surface area (TPSA) is 47.0 Å². The summed E-state index contributed by atoms with van der Waals surface area (Å²) in [4.78, 5) is 25.6. The number of benzene rings is 1. The Morgan fingerprint density at radius 3 is 2.73 bits per heavy atom. The zero-order chi connectivity index (χ0) is 10.7. The summed E-state index contributed by atoms with van der Waals surface area (Å²) in [7, 11) is 0. The van der Waals surface area contributed by atoms with Crippen LogP contribution in [0.1, 0.15) is 16.9 Å². The molecule has 1 aromatic heterocycles. The van der Waals surface area contributed by atoms with Gasteiger partial charge in [0.2, 0.25) is 0 Å². The highest BCUT2D eigenvalue weighted by Gasteiger charge is 2.06. The van der Waals surface area contributed by atoms with Crippen molar-refractivity contribution in [3.05, 3.63) is 42.2 Å². The molecule has 0 spiro atoms. The summed E-state index contributed by atoms with van der Waals surface area (Å²) in [5.41, 5.74) is 0.348. The highest BCUT2D eigenvalue weighted by Crippen LogP contribution is 2.13. The van der Waals surface area contributed by atoms with Crippen molar-refractivity contribution < 1.29 is 9.59 Å². The van der Waals surface area contributed by atoms with E-state index in [2.05, 4.69) is 4.98 Å². The zero-order valence-corrected chi connectivity index (χ0v) is 8.01. The predicted molar refractivity (Wildman–Crippen MR) is 56.8 cm³/mol. The van der Waals surface area contributed by atoms with E-state index in [1.807, 2.05) is 24.3 Å². The molecule has 1 aromatic carbocycles. The molecule has 0 N–H and O–H groups in total. The molecule has 15 heavy (non-hydrogen) atoms. The van der Waals surface area contributed by atoms with E-state index in [0.29, 0.717) is 12.0 Å². The van der Waals surface area contributed by atoms with Crippen molar-refractivity contribution in [3.63, 3.8) is 0 Å². The number of fused-ring (bicyclic) bond motifs is 1. The molecule has 74 valence electrons. The molecule has 3 nitrogen and oxygen atoms in total. The maximum Gasteiger partial charge on any atom is 0.188 e. The van der Waals surface area contributed by atoms with Gasteiger partial charge in [-0.15, -0.1) is 0 Å². The Hall–Kier alpha value is -2.03. The van der Waals surface area contributed by atoms with Crippen LogP contribution >= 0.6 is 0 Å². The standard InChI is InChI=1S/C12H9NO2/c14-6-5-12(15)11-7-9-3-1-2-4-10(9)8-13-11/h1-4,6-8H,5H2. The molecule has 1 heterocycles. The van der Waals surface area contributed by atoms with Crippen LogP contribution in [0, 0.1) is 0 Å². The van der Waals surface area contributed by atoms with Gasteiger partial charge in [0.1, 0.15) is 12.0 Å². The lowest BCUT2D eigenvalue weighted by Crippen LogP contribution is -2.02. The van der Waals surface area contributed by atoms with E-state index in [0.717, 1.165) is 10.8 Å². The first-order valence-electron chi connectivity index (χ1n) is 4.63. The third-order valence-corrected chi connectivity index (χ3v) is 2.19. The van der Waals surface area contributed by atoms with E-state index in [1.54, 1.807) is 12.3 Å². The van der Waals surface area contributed by atoms with Crippen LogP contribution in [0.3, 0.4) is 0 Å². The number of aldehydes is 1. The van der Waals surface area contributed by atoms with Crippen molar-refractivity contribution in [2.45, 2.75) is 6.42 Å². The number of carbonyl (C=O) groups excluding carboxylic acids is 2. The van der Waals surface area contributed by atoms with Gasteiger partial charge in [-0.05, 0) is 11.5 Å². The van der Waals surface area contributed by atoms with Crippen LogP contribution in [0.5, 0.6) is 0 Å². The summed E-state index contributed by atoms with van der Waals surface area (Å²) in [5, 5.41) is 1.95. The first kappa shape index (κ1) is 9.52. The van der Waals surface area contributed by atoms with Gasteiger partial charge >= 0.3 is 0 Å². The lowest BCUT2D eigenvalue weighted by molar-refractivity contribution is -0.107. The van der Waals surface area contributed by atoms with Crippen molar-refractivity contribution in [1.82, 2.24) is 4.98 Å².